The fraction of sp³-hybridized carbons (Fsp3) is 0.194. The Morgan fingerprint density at radius 1 is 1.05 bits per heavy atom. The summed E-state index contributed by atoms with van der Waals surface area (Å²) in [5, 5.41) is 11.6. The number of aliphatic hydroxyl groups excluding tert-OH is 1. The third-order valence-corrected chi connectivity index (χ3v) is 7.92. The second kappa shape index (κ2) is 9.45. The number of rotatable bonds is 5. The summed E-state index contributed by atoms with van der Waals surface area (Å²) in [6.45, 7) is -0.355. The van der Waals surface area contributed by atoms with Crippen LogP contribution in [0.15, 0.2) is 71.7 Å². The number of hydrogen-bond acceptors (Lipinski definition) is 5. The van der Waals surface area contributed by atoms with E-state index < -0.39 is 35.0 Å². The molecular formula is C31H24F3N5O2. The molecule has 2 aliphatic carbocycles. The molecule has 4 N–H and O–H groups in total. The van der Waals surface area contributed by atoms with E-state index in [9.17, 15) is 18.7 Å². The van der Waals surface area contributed by atoms with E-state index in [1.165, 1.54) is 22.8 Å². The molecular weight excluding hydrogens is 531 g/mol. The minimum Gasteiger partial charge on any atom is -0.396 e. The van der Waals surface area contributed by atoms with E-state index in [0.717, 1.165) is 24.5 Å². The van der Waals surface area contributed by atoms with Crippen molar-refractivity contribution in [2.45, 2.75) is 24.8 Å². The molecule has 2 unspecified atom stereocenters. The van der Waals surface area contributed by atoms with Gasteiger partial charge in [-0.2, -0.15) is 4.98 Å². The van der Waals surface area contributed by atoms with Crippen LogP contribution in [0.2, 0.25) is 0 Å². The number of nitrogens with two attached hydrogens (primary N) is 1. The maximum Gasteiger partial charge on any atom is 0.261 e. The predicted molar refractivity (Wildman–Crippen MR) is 151 cm³/mol. The van der Waals surface area contributed by atoms with Crippen molar-refractivity contribution >= 4 is 33.3 Å². The quantitative estimate of drug-likeness (QED) is 0.261. The van der Waals surface area contributed by atoms with Gasteiger partial charge in [0, 0.05) is 34.8 Å². The number of aromatic amines is 1. The number of nitrogens with zero attached hydrogens (tertiary/aromatic N) is 3. The molecule has 7 rings (SSSR count). The molecule has 0 saturated heterocycles. The Labute approximate surface area is 231 Å². The van der Waals surface area contributed by atoms with Crippen LogP contribution in [0.1, 0.15) is 36.1 Å². The molecule has 1 fully saturated rings. The van der Waals surface area contributed by atoms with Gasteiger partial charge in [0.2, 0.25) is 5.95 Å². The van der Waals surface area contributed by atoms with Crippen LogP contribution in [0.5, 0.6) is 0 Å². The van der Waals surface area contributed by atoms with Crippen molar-refractivity contribution in [3.8, 4) is 11.3 Å². The number of pyridine rings is 1. The summed E-state index contributed by atoms with van der Waals surface area (Å²) in [4.78, 5) is 25.4. The number of nitrogen functional groups attached to an aromatic ring is 1. The first kappa shape index (κ1) is 25.3. The Balaban J connectivity index is 1.32. The minimum atomic E-state index is -0.728. The van der Waals surface area contributed by atoms with Gasteiger partial charge in [0.05, 0.1) is 23.7 Å². The minimum absolute atomic E-state index is 0.00404. The molecule has 2 aromatic carbocycles. The van der Waals surface area contributed by atoms with E-state index in [1.807, 2.05) is 6.07 Å². The number of benzene rings is 2. The standard InChI is InChI=1S/C31H24F3N5O2/c32-19-9-18(10-20(33)12-19)25-13-22-28(37-31(35)38-29(22)36-25)21-2-1-3-26(23(21)14-40)39-7-6-16-8-17(15-4-5-15)11-24(34)27(16)30(39)41/h1-3,6-13,15,23,26,40H,4-5,14H2,(H3,35,36,37,38). The van der Waals surface area contributed by atoms with Gasteiger partial charge in [-0.25, -0.2) is 18.2 Å². The fourth-order valence-electron chi connectivity index (χ4n) is 5.83. The van der Waals surface area contributed by atoms with E-state index in [-0.39, 0.29) is 23.5 Å². The SMILES string of the molecule is Nc1nc(C2=CC=CC(n3ccc4cc(C5CC5)cc(F)c4c3=O)C2CO)c2cc(-c3cc(F)cc(F)c3)[nH]c2n1. The highest BCUT2D eigenvalue weighted by Crippen LogP contribution is 2.42. The van der Waals surface area contributed by atoms with Gasteiger partial charge in [0.1, 0.15) is 23.1 Å². The van der Waals surface area contributed by atoms with Gasteiger partial charge in [-0.15, -0.1) is 0 Å². The second-order valence-electron chi connectivity index (χ2n) is 10.6. The highest BCUT2D eigenvalue weighted by molar-refractivity contribution is 5.94. The highest BCUT2D eigenvalue weighted by Gasteiger charge is 2.31. The van der Waals surface area contributed by atoms with Gasteiger partial charge in [-0.05, 0) is 65.6 Å². The van der Waals surface area contributed by atoms with Crippen molar-refractivity contribution in [3.05, 3.63) is 106 Å². The molecule has 5 aromatic rings. The second-order valence-corrected chi connectivity index (χ2v) is 10.6. The van der Waals surface area contributed by atoms with Gasteiger partial charge in [0.15, 0.2) is 0 Å². The van der Waals surface area contributed by atoms with Gasteiger partial charge >= 0.3 is 0 Å². The first-order chi connectivity index (χ1) is 19.8. The predicted octanol–water partition coefficient (Wildman–Crippen LogP) is 5.62. The number of hydrogen-bond donors (Lipinski definition) is 3. The number of aromatic nitrogens is 4. The van der Waals surface area contributed by atoms with Crippen LogP contribution in [0.25, 0.3) is 38.6 Å². The molecule has 0 spiro atoms. The van der Waals surface area contributed by atoms with E-state index >= 15 is 4.39 Å². The van der Waals surface area contributed by atoms with Crippen molar-refractivity contribution in [2.24, 2.45) is 5.92 Å². The van der Waals surface area contributed by atoms with E-state index in [0.29, 0.717) is 39.3 Å². The molecule has 0 aliphatic heterocycles. The van der Waals surface area contributed by atoms with Crippen molar-refractivity contribution in [2.75, 3.05) is 12.3 Å². The normalized spacial score (nSPS) is 18.8. The summed E-state index contributed by atoms with van der Waals surface area (Å²) in [6, 6.07) is 9.23. The van der Waals surface area contributed by atoms with Gasteiger partial charge in [0.25, 0.3) is 5.56 Å². The van der Waals surface area contributed by atoms with Gasteiger partial charge in [-0.1, -0.05) is 24.3 Å². The first-order valence-electron chi connectivity index (χ1n) is 13.3. The van der Waals surface area contributed by atoms with E-state index in [2.05, 4.69) is 15.0 Å². The topological polar surface area (TPSA) is 110 Å². The van der Waals surface area contributed by atoms with Crippen LogP contribution in [0.4, 0.5) is 19.1 Å². The average Bonchev–Trinajstić information content (AvgIpc) is 3.70. The lowest BCUT2D eigenvalue weighted by Gasteiger charge is -2.30. The summed E-state index contributed by atoms with van der Waals surface area (Å²) < 4.78 is 44.5. The summed E-state index contributed by atoms with van der Waals surface area (Å²) >= 11 is 0. The maximum atomic E-state index is 15.2. The fourth-order valence-corrected chi connectivity index (χ4v) is 5.83. The van der Waals surface area contributed by atoms with E-state index in [1.54, 1.807) is 36.6 Å². The largest absolute Gasteiger partial charge is 0.396 e. The monoisotopic (exact) mass is 555 g/mol. The molecule has 3 heterocycles. The molecule has 7 nitrogen and oxygen atoms in total. The smallest absolute Gasteiger partial charge is 0.261 e. The zero-order valence-electron chi connectivity index (χ0n) is 21.6. The molecule has 2 atom stereocenters. The molecule has 0 amide bonds. The lowest BCUT2D eigenvalue weighted by Crippen LogP contribution is -2.32. The van der Waals surface area contributed by atoms with E-state index in [4.69, 9.17) is 5.73 Å². The van der Waals surface area contributed by atoms with Crippen LogP contribution in [-0.2, 0) is 0 Å². The van der Waals surface area contributed by atoms with Crippen molar-refractivity contribution in [1.82, 2.24) is 19.5 Å². The third kappa shape index (κ3) is 4.31. The average molecular weight is 556 g/mol. The summed E-state index contributed by atoms with van der Waals surface area (Å²) in [5.41, 5.74) is 8.42. The number of halogens is 3. The molecule has 10 heteroatoms. The van der Waals surface area contributed by atoms with Crippen molar-refractivity contribution in [1.29, 1.82) is 0 Å². The Hall–Kier alpha value is -4.70. The number of H-pyrrole nitrogens is 1. The van der Waals surface area contributed by atoms with Gasteiger partial charge in [-0.3, -0.25) is 4.79 Å². The summed E-state index contributed by atoms with van der Waals surface area (Å²) in [7, 11) is 0. The Kier molecular flexibility index (Phi) is 5.83. The summed E-state index contributed by atoms with van der Waals surface area (Å²) in [6.07, 6.45) is 8.94. The number of fused-ring (bicyclic) bond motifs is 2. The highest BCUT2D eigenvalue weighted by atomic mass is 19.1. The van der Waals surface area contributed by atoms with Crippen LogP contribution in [0.3, 0.4) is 0 Å². The molecule has 0 bridgehead atoms. The lowest BCUT2D eigenvalue weighted by atomic mass is 9.84. The van der Waals surface area contributed by atoms with Crippen molar-refractivity contribution < 1.29 is 18.3 Å². The first-order valence-corrected chi connectivity index (χ1v) is 13.3. The molecule has 1 saturated carbocycles. The Bertz CT molecular complexity index is 1970. The number of aliphatic hydroxyl groups is 1. The molecule has 41 heavy (non-hydrogen) atoms. The number of allylic oxidation sites excluding steroid dienone is 3. The van der Waals surface area contributed by atoms with Crippen LogP contribution < -0.4 is 11.3 Å². The van der Waals surface area contributed by atoms with Crippen LogP contribution in [-0.4, -0.2) is 31.2 Å². The zero-order chi connectivity index (χ0) is 28.4. The molecule has 0 radical (unpaired) electrons. The summed E-state index contributed by atoms with van der Waals surface area (Å²) in [5.74, 6) is -2.37. The zero-order valence-corrected chi connectivity index (χ0v) is 21.6. The van der Waals surface area contributed by atoms with Gasteiger partial charge < -0.3 is 20.4 Å². The Morgan fingerprint density at radius 3 is 2.56 bits per heavy atom. The van der Waals surface area contributed by atoms with Crippen LogP contribution >= 0.6 is 0 Å². The van der Waals surface area contributed by atoms with Crippen LogP contribution in [0, 0.1) is 23.4 Å². The number of nitrogens with one attached hydrogen (secondary N) is 1. The maximum absolute atomic E-state index is 15.2. The van der Waals surface area contributed by atoms with Crippen molar-refractivity contribution in [3.63, 3.8) is 0 Å². The molecule has 206 valence electrons. The third-order valence-electron chi connectivity index (χ3n) is 7.92. The number of anilines is 1. The Morgan fingerprint density at radius 2 is 1.83 bits per heavy atom. The molecule has 3 aromatic heterocycles. The molecule has 2 aliphatic rings. The lowest BCUT2D eigenvalue weighted by molar-refractivity contribution is 0.228.